The zero-order valence-corrected chi connectivity index (χ0v) is 17.2. The zero-order chi connectivity index (χ0) is 20.7. The van der Waals surface area contributed by atoms with Gasteiger partial charge in [-0.15, -0.1) is 0 Å². The third kappa shape index (κ3) is 6.09. The van der Waals surface area contributed by atoms with E-state index in [0.29, 0.717) is 17.4 Å². The van der Waals surface area contributed by atoms with E-state index in [-0.39, 0.29) is 6.54 Å². The van der Waals surface area contributed by atoms with Crippen LogP contribution in [0.4, 0.5) is 5.69 Å². The molecule has 0 aliphatic rings. The molecule has 0 saturated heterocycles. The molecule has 2 rings (SSSR count). The SMILES string of the molecule is COc1ccc(N(CC(=O)N/N=C\c2ccc(C(C)C)cc2)S(C)(=O)=O)cc1. The molecule has 0 aliphatic carbocycles. The fourth-order valence-electron chi connectivity index (χ4n) is 2.46. The maximum absolute atomic E-state index is 12.2. The van der Waals surface area contributed by atoms with Crippen LogP contribution in [-0.4, -0.2) is 40.4 Å². The van der Waals surface area contributed by atoms with Gasteiger partial charge in [-0.2, -0.15) is 5.10 Å². The molecule has 0 heterocycles. The Morgan fingerprint density at radius 3 is 2.25 bits per heavy atom. The van der Waals surface area contributed by atoms with Crippen LogP contribution in [-0.2, 0) is 14.8 Å². The molecule has 28 heavy (non-hydrogen) atoms. The molecule has 150 valence electrons. The number of rotatable bonds is 8. The molecule has 2 aromatic carbocycles. The molecule has 0 bridgehead atoms. The number of hydrogen-bond donors (Lipinski definition) is 1. The Kier molecular flexibility index (Phi) is 7.17. The van der Waals surface area contributed by atoms with Gasteiger partial charge < -0.3 is 4.74 Å². The molecule has 0 radical (unpaired) electrons. The van der Waals surface area contributed by atoms with E-state index < -0.39 is 15.9 Å². The first-order valence-electron chi connectivity index (χ1n) is 8.74. The molecule has 0 aliphatic heterocycles. The van der Waals surface area contributed by atoms with E-state index in [9.17, 15) is 13.2 Å². The van der Waals surface area contributed by atoms with Gasteiger partial charge in [0, 0.05) is 0 Å². The second kappa shape index (κ2) is 9.36. The second-order valence-corrected chi connectivity index (χ2v) is 8.49. The van der Waals surface area contributed by atoms with Crippen LogP contribution in [0.1, 0.15) is 30.9 Å². The van der Waals surface area contributed by atoms with E-state index in [0.717, 1.165) is 16.1 Å². The minimum Gasteiger partial charge on any atom is -0.497 e. The number of anilines is 1. The molecular formula is C20H25N3O4S. The van der Waals surface area contributed by atoms with Crippen LogP contribution in [0.25, 0.3) is 0 Å². The van der Waals surface area contributed by atoms with Crippen LogP contribution in [0.15, 0.2) is 53.6 Å². The van der Waals surface area contributed by atoms with E-state index in [2.05, 4.69) is 24.4 Å². The number of methoxy groups -OCH3 is 1. The Labute approximate surface area is 166 Å². The quantitative estimate of drug-likeness (QED) is 0.542. The van der Waals surface area contributed by atoms with Gasteiger partial charge in [-0.3, -0.25) is 9.10 Å². The number of hydrazone groups is 1. The lowest BCUT2D eigenvalue weighted by Crippen LogP contribution is -2.39. The number of benzene rings is 2. The number of nitrogens with zero attached hydrogens (tertiary/aromatic N) is 2. The molecule has 0 aromatic heterocycles. The average molecular weight is 404 g/mol. The Morgan fingerprint density at radius 1 is 1.14 bits per heavy atom. The Hall–Kier alpha value is -2.87. The van der Waals surface area contributed by atoms with E-state index >= 15 is 0 Å². The Bertz CT molecular complexity index is 921. The number of hydrogen-bond acceptors (Lipinski definition) is 5. The lowest BCUT2D eigenvalue weighted by atomic mass is 10.0. The molecule has 0 saturated carbocycles. The van der Waals surface area contributed by atoms with Crippen molar-refractivity contribution in [2.75, 3.05) is 24.2 Å². The van der Waals surface area contributed by atoms with Gasteiger partial charge in [0.1, 0.15) is 12.3 Å². The molecule has 1 N–H and O–H groups in total. The minimum absolute atomic E-state index is 0.367. The largest absolute Gasteiger partial charge is 0.497 e. The summed E-state index contributed by atoms with van der Waals surface area (Å²) in [5, 5.41) is 3.91. The third-order valence-corrected chi connectivity index (χ3v) is 5.19. The van der Waals surface area contributed by atoms with Gasteiger partial charge in [-0.1, -0.05) is 38.1 Å². The highest BCUT2D eigenvalue weighted by atomic mass is 32.2. The normalized spacial score (nSPS) is 11.6. The van der Waals surface area contributed by atoms with Crippen LogP contribution >= 0.6 is 0 Å². The van der Waals surface area contributed by atoms with Crippen LogP contribution in [0.5, 0.6) is 5.75 Å². The van der Waals surface area contributed by atoms with Crippen LogP contribution in [0.2, 0.25) is 0 Å². The summed E-state index contributed by atoms with van der Waals surface area (Å²) < 4.78 is 30.2. The maximum atomic E-state index is 12.2. The fourth-order valence-corrected chi connectivity index (χ4v) is 3.32. The molecule has 0 spiro atoms. The Balaban J connectivity index is 2.03. The highest BCUT2D eigenvalue weighted by Gasteiger charge is 2.20. The summed E-state index contributed by atoms with van der Waals surface area (Å²) in [7, 11) is -2.12. The van der Waals surface area contributed by atoms with Gasteiger partial charge in [-0.25, -0.2) is 13.8 Å². The second-order valence-electron chi connectivity index (χ2n) is 6.58. The van der Waals surface area contributed by atoms with E-state index in [4.69, 9.17) is 4.74 Å². The molecule has 8 heteroatoms. The summed E-state index contributed by atoms with van der Waals surface area (Å²) >= 11 is 0. The van der Waals surface area contributed by atoms with Gasteiger partial charge in [0.25, 0.3) is 5.91 Å². The molecule has 0 atom stereocenters. The zero-order valence-electron chi connectivity index (χ0n) is 16.4. The topological polar surface area (TPSA) is 88.1 Å². The van der Waals surface area contributed by atoms with Crippen molar-refractivity contribution in [3.05, 3.63) is 59.7 Å². The lowest BCUT2D eigenvalue weighted by Gasteiger charge is -2.21. The van der Waals surface area contributed by atoms with Crippen LogP contribution in [0, 0.1) is 0 Å². The summed E-state index contributed by atoms with van der Waals surface area (Å²) in [5.74, 6) is 0.483. The van der Waals surface area contributed by atoms with Crippen LogP contribution < -0.4 is 14.5 Å². The van der Waals surface area contributed by atoms with Crippen molar-refractivity contribution in [3.63, 3.8) is 0 Å². The van der Waals surface area contributed by atoms with Gasteiger partial charge in [-0.05, 0) is 41.3 Å². The number of amides is 1. The number of ether oxygens (including phenoxy) is 1. The number of carbonyl (C=O) groups is 1. The van der Waals surface area contributed by atoms with E-state index in [1.54, 1.807) is 24.3 Å². The summed E-state index contributed by atoms with van der Waals surface area (Å²) in [6.07, 6.45) is 2.56. The van der Waals surface area contributed by atoms with Crippen molar-refractivity contribution in [2.45, 2.75) is 19.8 Å². The Morgan fingerprint density at radius 2 is 1.75 bits per heavy atom. The highest BCUT2D eigenvalue weighted by molar-refractivity contribution is 7.92. The van der Waals surface area contributed by atoms with Crippen molar-refractivity contribution >= 4 is 27.8 Å². The van der Waals surface area contributed by atoms with Gasteiger partial charge in [0.2, 0.25) is 10.0 Å². The fraction of sp³-hybridized carbons (Fsp3) is 0.300. The third-order valence-electron chi connectivity index (χ3n) is 4.05. The van der Waals surface area contributed by atoms with Crippen molar-refractivity contribution < 1.29 is 17.9 Å². The minimum atomic E-state index is -3.64. The standard InChI is InChI=1S/C20H25N3O4S/c1-15(2)17-7-5-16(6-8-17)13-21-22-20(24)14-23(28(4,25)26)18-9-11-19(27-3)12-10-18/h5-13,15H,14H2,1-4H3,(H,22,24)/b21-13-. The summed E-state index contributed by atoms with van der Waals surface area (Å²) in [5.41, 5.74) is 4.78. The van der Waals surface area contributed by atoms with Gasteiger partial charge in [0.15, 0.2) is 0 Å². The lowest BCUT2D eigenvalue weighted by molar-refractivity contribution is -0.119. The predicted molar refractivity (Wildman–Crippen MR) is 111 cm³/mol. The average Bonchev–Trinajstić information content (AvgIpc) is 2.66. The monoisotopic (exact) mass is 403 g/mol. The van der Waals surface area contributed by atoms with Crippen molar-refractivity contribution in [1.29, 1.82) is 0 Å². The van der Waals surface area contributed by atoms with Crippen molar-refractivity contribution in [3.8, 4) is 5.75 Å². The van der Waals surface area contributed by atoms with Crippen LogP contribution in [0.3, 0.4) is 0 Å². The molecule has 2 aromatic rings. The molecule has 0 unspecified atom stereocenters. The smallest absolute Gasteiger partial charge is 0.260 e. The van der Waals surface area contributed by atoms with Gasteiger partial charge >= 0.3 is 0 Å². The summed E-state index contributed by atoms with van der Waals surface area (Å²) in [6.45, 7) is 3.84. The molecule has 0 fully saturated rings. The van der Waals surface area contributed by atoms with E-state index in [1.807, 2.05) is 24.3 Å². The first kappa shape index (κ1) is 21.4. The number of carbonyl (C=O) groups excluding carboxylic acids is 1. The highest BCUT2D eigenvalue weighted by Crippen LogP contribution is 2.21. The number of sulfonamides is 1. The van der Waals surface area contributed by atoms with Crippen molar-refractivity contribution in [1.82, 2.24) is 5.43 Å². The molecular weight excluding hydrogens is 378 g/mol. The molecule has 7 nitrogen and oxygen atoms in total. The van der Waals surface area contributed by atoms with Crippen molar-refractivity contribution in [2.24, 2.45) is 5.10 Å². The van der Waals surface area contributed by atoms with Gasteiger partial charge in [0.05, 0.1) is 25.3 Å². The number of nitrogens with one attached hydrogen (secondary N) is 1. The molecule has 1 amide bonds. The first-order valence-corrected chi connectivity index (χ1v) is 10.6. The summed E-state index contributed by atoms with van der Waals surface area (Å²) in [6, 6.07) is 14.2. The maximum Gasteiger partial charge on any atom is 0.260 e. The van der Waals surface area contributed by atoms with E-state index in [1.165, 1.54) is 18.9 Å². The summed E-state index contributed by atoms with van der Waals surface area (Å²) in [4.78, 5) is 12.2. The first-order chi connectivity index (χ1) is 13.2. The predicted octanol–water partition coefficient (Wildman–Crippen LogP) is 2.73.